The molecule has 0 fully saturated rings. The van der Waals surface area contributed by atoms with Gasteiger partial charge in [-0.05, 0) is 23.8 Å². The Labute approximate surface area is 171 Å². The van der Waals surface area contributed by atoms with E-state index in [9.17, 15) is 4.39 Å². The molecule has 0 amide bonds. The normalized spacial score (nSPS) is 12.1. The summed E-state index contributed by atoms with van der Waals surface area (Å²) in [6.07, 6.45) is -0.203. The Bertz CT molecular complexity index is 695. The van der Waals surface area contributed by atoms with Gasteiger partial charge in [-0.25, -0.2) is 4.39 Å². The largest absolute Gasteiger partial charge is 0.496 e. The number of methoxy groups -OCH3 is 2. The Kier molecular flexibility index (Phi) is 9.97. The standard InChI is InChI=1S/C19H24FN3O2.HI/c1-21-19(22-12-15-6-4-5-7-17(15)24-2)23-13-18(25-3)14-8-10-16(20)11-9-14;/h4-11,18H,12-13H2,1-3H3,(H2,21,22,23);1H. The number of halogens is 2. The summed E-state index contributed by atoms with van der Waals surface area (Å²) in [5, 5.41) is 6.46. The average Bonchev–Trinajstić information content (AvgIpc) is 2.66. The van der Waals surface area contributed by atoms with Crippen molar-refractivity contribution < 1.29 is 13.9 Å². The summed E-state index contributed by atoms with van der Waals surface area (Å²) in [5.41, 5.74) is 1.94. The van der Waals surface area contributed by atoms with Gasteiger partial charge in [0.05, 0.1) is 13.2 Å². The fourth-order valence-electron chi connectivity index (χ4n) is 2.45. The summed E-state index contributed by atoms with van der Waals surface area (Å²) in [6.45, 7) is 1.09. The number of hydrogen-bond donors (Lipinski definition) is 2. The van der Waals surface area contributed by atoms with Crippen molar-refractivity contribution in [2.45, 2.75) is 12.6 Å². The number of aliphatic imine (C=N–C) groups is 1. The first-order chi connectivity index (χ1) is 12.2. The number of guanidine groups is 1. The van der Waals surface area contributed by atoms with Gasteiger partial charge >= 0.3 is 0 Å². The number of ether oxygens (including phenoxy) is 2. The lowest BCUT2D eigenvalue weighted by Gasteiger charge is -2.19. The predicted molar refractivity (Wildman–Crippen MR) is 113 cm³/mol. The van der Waals surface area contributed by atoms with Gasteiger partial charge in [0.25, 0.3) is 0 Å². The van der Waals surface area contributed by atoms with Crippen LogP contribution in [-0.4, -0.2) is 33.8 Å². The summed E-state index contributed by atoms with van der Waals surface area (Å²) >= 11 is 0. The maximum atomic E-state index is 13.1. The molecule has 0 aliphatic rings. The van der Waals surface area contributed by atoms with Gasteiger partial charge in [-0.3, -0.25) is 4.99 Å². The molecular weight excluding hydrogens is 448 g/mol. The van der Waals surface area contributed by atoms with Crippen molar-refractivity contribution >= 4 is 29.9 Å². The highest BCUT2D eigenvalue weighted by atomic mass is 127. The van der Waals surface area contributed by atoms with E-state index in [1.807, 2.05) is 24.3 Å². The van der Waals surface area contributed by atoms with Gasteiger partial charge in [-0.2, -0.15) is 0 Å². The molecule has 0 heterocycles. The topological polar surface area (TPSA) is 54.9 Å². The molecule has 0 aliphatic heterocycles. The van der Waals surface area contributed by atoms with E-state index in [1.54, 1.807) is 33.4 Å². The Morgan fingerprint density at radius 1 is 1.08 bits per heavy atom. The lowest BCUT2D eigenvalue weighted by Crippen LogP contribution is -2.39. The molecule has 1 atom stereocenters. The van der Waals surface area contributed by atoms with Crippen molar-refractivity contribution in [2.24, 2.45) is 4.99 Å². The van der Waals surface area contributed by atoms with E-state index in [0.29, 0.717) is 19.0 Å². The lowest BCUT2D eigenvalue weighted by atomic mass is 10.1. The van der Waals surface area contributed by atoms with Crippen LogP contribution < -0.4 is 15.4 Å². The highest BCUT2D eigenvalue weighted by Gasteiger charge is 2.11. The molecule has 0 aliphatic carbocycles. The van der Waals surface area contributed by atoms with Crippen LogP contribution in [0.4, 0.5) is 4.39 Å². The first-order valence-corrected chi connectivity index (χ1v) is 8.02. The van der Waals surface area contributed by atoms with Crippen molar-refractivity contribution in [3.63, 3.8) is 0 Å². The van der Waals surface area contributed by atoms with Crippen LogP contribution in [0, 0.1) is 5.82 Å². The van der Waals surface area contributed by atoms with Crippen molar-refractivity contribution in [1.82, 2.24) is 10.6 Å². The van der Waals surface area contributed by atoms with E-state index in [0.717, 1.165) is 16.9 Å². The maximum absolute atomic E-state index is 13.1. The highest BCUT2D eigenvalue weighted by Crippen LogP contribution is 2.17. The summed E-state index contributed by atoms with van der Waals surface area (Å²) < 4.78 is 23.9. The molecule has 0 saturated heterocycles. The fourth-order valence-corrected chi connectivity index (χ4v) is 2.45. The van der Waals surface area contributed by atoms with Crippen LogP contribution in [0.25, 0.3) is 0 Å². The van der Waals surface area contributed by atoms with Crippen LogP contribution in [0.2, 0.25) is 0 Å². The van der Waals surface area contributed by atoms with Gasteiger partial charge in [-0.1, -0.05) is 30.3 Å². The number of rotatable bonds is 7. The van der Waals surface area contributed by atoms with E-state index >= 15 is 0 Å². The molecule has 7 heteroatoms. The van der Waals surface area contributed by atoms with Gasteiger partial charge in [0.2, 0.25) is 0 Å². The van der Waals surface area contributed by atoms with E-state index in [2.05, 4.69) is 15.6 Å². The molecule has 2 N–H and O–H groups in total. The Balaban J connectivity index is 0.00000338. The second-order valence-corrected chi connectivity index (χ2v) is 5.39. The highest BCUT2D eigenvalue weighted by molar-refractivity contribution is 14.0. The van der Waals surface area contributed by atoms with Gasteiger partial charge in [0.15, 0.2) is 5.96 Å². The molecule has 0 saturated carbocycles. The first-order valence-electron chi connectivity index (χ1n) is 8.02. The maximum Gasteiger partial charge on any atom is 0.191 e. The van der Waals surface area contributed by atoms with Crippen molar-refractivity contribution in [1.29, 1.82) is 0 Å². The number of nitrogens with one attached hydrogen (secondary N) is 2. The van der Waals surface area contributed by atoms with Gasteiger partial charge in [0, 0.05) is 32.8 Å². The molecule has 2 aromatic carbocycles. The van der Waals surface area contributed by atoms with E-state index < -0.39 is 0 Å². The Hall–Kier alpha value is -1.87. The summed E-state index contributed by atoms with van der Waals surface area (Å²) in [7, 11) is 4.98. The Morgan fingerprint density at radius 3 is 2.38 bits per heavy atom. The molecule has 1 unspecified atom stereocenters. The average molecular weight is 473 g/mol. The molecule has 0 aromatic heterocycles. The second kappa shape index (κ2) is 11.7. The van der Waals surface area contributed by atoms with Gasteiger partial charge in [-0.15, -0.1) is 24.0 Å². The molecule has 5 nitrogen and oxygen atoms in total. The monoisotopic (exact) mass is 473 g/mol. The molecule has 0 bridgehead atoms. The van der Waals surface area contributed by atoms with Crippen LogP contribution in [-0.2, 0) is 11.3 Å². The van der Waals surface area contributed by atoms with Crippen LogP contribution in [0.1, 0.15) is 17.2 Å². The number of nitrogens with zero attached hydrogens (tertiary/aromatic N) is 1. The Morgan fingerprint density at radius 2 is 1.77 bits per heavy atom. The van der Waals surface area contributed by atoms with Crippen molar-refractivity contribution in [2.75, 3.05) is 27.8 Å². The van der Waals surface area contributed by atoms with Crippen LogP contribution in [0.15, 0.2) is 53.5 Å². The van der Waals surface area contributed by atoms with Crippen molar-refractivity contribution in [3.8, 4) is 5.75 Å². The quantitative estimate of drug-likeness (QED) is 0.367. The van der Waals surface area contributed by atoms with E-state index in [4.69, 9.17) is 9.47 Å². The molecule has 142 valence electrons. The van der Waals surface area contributed by atoms with E-state index in [-0.39, 0.29) is 35.9 Å². The third-order valence-electron chi connectivity index (χ3n) is 3.84. The minimum Gasteiger partial charge on any atom is -0.496 e. The molecule has 26 heavy (non-hydrogen) atoms. The zero-order valence-corrected chi connectivity index (χ0v) is 17.5. The molecular formula is C19H25FIN3O2. The summed E-state index contributed by atoms with van der Waals surface area (Å²) in [6, 6.07) is 14.1. The van der Waals surface area contributed by atoms with Crippen LogP contribution in [0.5, 0.6) is 5.75 Å². The summed E-state index contributed by atoms with van der Waals surface area (Å²) in [5.74, 6) is 1.21. The number of para-hydroxylation sites is 1. The van der Waals surface area contributed by atoms with Crippen molar-refractivity contribution in [3.05, 3.63) is 65.5 Å². The smallest absolute Gasteiger partial charge is 0.191 e. The first kappa shape index (κ1) is 22.2. The minimum atomic E-state index is -0.263. The van der Waals surface area contributed by atoms with E-state index in [1.165, 1.54) is 12.1 Å². The van der Waals surface area contributed by atoms with Gasteiger partial charge < -0.3 is 20.1 Å². The molecule has 0 radical (unpaired) electrons. The lowest BCUT2D eigenvalue weighted by molar-refractivity contribution is 0.106. The molecule has 2 rings (SSSR count). The zero-order chi connectivity index (χ0) is 18.1. The molecule has 2 aromatic rings. The van der Waals surface area contributed by atoms with Gasteiger partial charge in [0.1, 0.15) is 11.6 Å². The minimum absolute atomic E-state index is 0. The fraction of sp³-hybridized carbons (Fsp3) is 0.316. The number of benzene rings is 2. The predicted octanol–water partition coefficient (Wildman–Crippen LogP) is 3.51. The SMILES string of the molecule is CN=C(NCc1ccccc1OC)NCC(OC)c1ccc(F)cc1.I. The molecule has 0 spiro atoms. The van der Waals surface area contributed by atoms with Crippen LogP contribution >= 0.6 is 24.0 Å². The summed E-state index contributed by atoms with van der Waals surface area (Å²) in [4.78, 5) is 4.21. The third-order valence-corrected chi connectivity index (χ3v) is 3.84. The third kappa shape index (κ3) is 6.45. The second-order valence-electron chi connectivity index (χ2n) is 5.39. The zero-order valence-electron chi connectivity index (χ0n) is 15.2. The van der Waals surface area contributed by atoms with Crippen LogP contribution in [0.3, 0.4) is 0 Å². The number of hydrogen-bond acceptors (Lipinski definition) is 3.